The predicted molar refractivity (Wildman–Crippen MR) is 101 cm³/mol. The van der Waals surface area contributed by atoms with Gasteiger partial charge in [0.15, 0.2) is 0 Å². The highest BCUT2D eigenvalue weighted by Gasteiger charge is 2.29. The summed E-state index contributed by atoms with van der Waals surface area (Å²) in [6.45, 7) is 1.87. The number of carbonyl (C=O) groups is 1. The molecular weight excluding hydrogens is 376 g/mol. The van der Waals surface area contributed by atoms with Gasteiger partial charge in [0, 0.05) is 37.6 Å². The van der Waals surface area contributed by atoms with Crippen molar-refractivity contribution in [3.05, 3.63) is 59.9 Å². The van der Waals surface area contributed by atoms with E-state index < -0.39 is 10.0 Å². The van der Waals surface area contributed by atoms with Crippen molar-refractivity contribution < 1.29 is 13.2 Å². The maximum absolute atomic E-state index is 13.0. The molecule has 26 heavy (non-hydrogen) atoms. The van der Waals surface area contributed by atoms with E-state index in [-0.39, 0.29) is 29.3 Å². The number of sulfonamides is 1. The summed E-state index contributed by atoms with van der Waals surface area (Å²) in [6.07, 6.45) is 3.44. The molecule has 9 heteroatoms. The Bertz CT molecular complexity index is 861. The van der Waals surface area contributed by atoms with Crippen LogP contribution in [0.15, 0.2) is 53.7 Å². The van der Waals surface area contributed by atoms with Crippen molar-refractivity contribution in [1.82, 2.24) is 19.9 Å². The number of piperazine rings is 1. The zero-order valence-electron chi connectivity index (χ0n) is 14.3. The average molecular weight is 397 g/mol. The van der Waals surface area contributed by atoms with Gasteiger partial charge in [0.25, 0.3) is 5.91 Å². The summed E-state index contributed by atoms with van der Waals surface area (Å²) in [6, 6.07) is 9.74. The molecule has 1 aromatic carbocycles. The Morgan fingerprint density at radius 3 is 2.81 bits per heavy atom. The Labute approximate surface area is 159 Å². The third kappa shape index (κ3) is 4.21. The largest absolute Gasteiger partial charge is 0.329 e. The Hall–Kier alpha value is -2.00. The highest BCUT2D eigenvalue weighted by atomic mass is 35.5. The first kappa shape index (κ1) is 20.3. The molecule has 0 spiro atoms. The lowest BCUT2D eigenvalue weighted by Gasteiger charge is -2.36. The van der Waals surface area contributed by atoms with E-state index in [9.17, 15) is 13.2 Å². The number of benzene rings is 1. The van der Waals surface area contributed by atoms with Gasteiger partial charge in [-0.25, -0.2) is 13.1 Å². The average Bonchev–Trinajstić information content (AvgIpc) is 2.68. The third-order valence-electron chi connectivity index (χ3n) is 4.23. The molecule has 1 aliphatic rings. The number of rotatable bonds is 4. The van der Waals surface area contributed by atoms with E-state index in [2.05, 4.69) is 15.0 Å². The van der Waals surface area contributed by atoms with E-state index >= 15 is 0 Å². The predicted octanol–water partition coefficient (Wildman–Crippen LogP) is 1.20. The topological polar surface area (TPSA) is 91.4 Å². The lowest BCUT2D eigenvalue weighted by Crippen LogP contribution is -2.48. The lowest BCUT2D eigenvalue weighted by atomic mass is 10.0. The van der Waals surface area contributed by atoms with E-state index in [0.29, 0.717) is 25.2 Å². The van der Waals surface area contributed by atoms with Crippen molar-refractivity contribution >= 4 is 28.3 Å². The highest BCUT2D eigenvalue weighted by Crippen LogP contribution is 2.24. The van der Waals surface area contributed by atoms with E-state index in [1.165, 1.54) is 19.2 Å². The Kier molecular flexibility index (Phi) is 6.71. The molecule has 1 aliphatic heterocycles. The number of nitrogens with zero attached hydrogens (tertiary/aromatic N) is 2. The van der Waals surface area contributed by atoms with Crippen LogP contribution in [0, 0.1) is 0 Å². The first-order valence-corrected chi connectivity index (χ1v) is 9.46. The monoisotopic (exact) mass is 396 g/mol. The Morgan fingerprint density at radius 1 is 1.31 bits per heavy atom. The zero-order chi connectivity index (χ0) is 17.9. The molecule has 1 atom stereocenters. The van der Waals surface area contributed by atoms with Gasteiger partial charge in [0.1, 0.15) is 0 Å². The van der Waals surface area contributed by atoms with Crippen LogP contribution in [0.25, 0.3) is 0 Å². The smallest absolute Gasteiger partial charge is 0.254 e. The van der Waals surface area contributed by atoms with Gasteiger partial charge in [-0.05, 0) is 36.9 Å². The van der Waals surface area contributed by atoms with Gasteiger partial charge in [-0.15, -0.1) is 12.4 Å². The normalized spacial score (nSPS) is 17.4. The van der Waals surface area contributed by atoms with E-state index in [0.717, 1.165) is 5.56 Å². The van der Waals surface area contributed by atoms with Gasteiger partial charge in [-0.1, -0.05) is 12.1 Å². The van der Waals surface area contributed by atoms with Crippen LogP contribution in [0.3, 0.4) is 0 Å². The summed E-state index contributed by atoms with van der Waals surface area (Å²) in [5.41, 5.74) is 1.30. The number of carbonyl (C=O) groups excluding carboxylic acids is 1. The SMILES string of the molecule is CNS(=O)(=O)c1cccc(C(=O)N2CCNCC2c2cccnc2)c1.Cl. The van der Waals surface area contributed by atoms with Crippen LogP contribution >= 0.6 is 12.4 Å². The molecule has 0 aliphatic carbocycles. The van der Waals surface area contributed by atoms with E-state index in [1.807, 2.05) is 12.1 Å². The van der Waals surface area contributed by atoms with Gasteiger partial charge < -0.3 is 10.2 Å². The summed E-state index contributed by atoms with van der Waals surface area (Å²) in [7, 11) is -2.25. The van der Waals surface area contributed by atoms with Crippen LogP contribution in [-0.4, -0.2) is 50.9 Å². The first-order valence-electron chi connectivity index (χ1n) is 7.98. The van der Waals surface area contributed by atoms with Gasteiger partial charge in [0.05, 0.1) is 10.9 Å². The summed E-state index contributed by atoms with van der Waals surface area (Å²) < 4.78 is 26.2. The molecule has 0 saturated carbocycles. The molecule has 7 nitrogen and oxygen atoms in total. The number of nitrogens with one attached hydrogen (secondary N) is 2. The van der Waals surface area contributed by atoms with Crippen molar-refractivity contribution in [2.75, 3.05) is 26.7 Å². The molecule has 1 amide bonds. The minimum Gasteiger partial charge on any atom is -0.329 e. The molecule has 0 radical (unpaired) electrons. The van der Waals surface area contributed by atoms with Crippen LogP contribution in [0.5, 0.6) is 0 Å². The van der Waals surface area contributed by atoms with Crippen molar-refractivity contribution in [1.29, 1.82) is 0 Å². The summed E-state index contributed by atoms with van der Waals surface area (Å²) in [4.78, 5) is 19.0. The van der Waals surface area contributed by atoms with Gasteiger partial charge in [-0.3, -0.25) is 9.78 Å². The molecule has 2 aromatic rings. The number of amides is 1. The second kappa shape index (κ2) is 8.59. The van der Waals surface area contributed by atoms with E-state index in [4.69, 9.17) is 0 Å². The fourth-order valence-electron chi connectivity index (χ4n) is 2.90. The zero-order valence-corrected chi connectivity index (χ0v) is 15.9. The molecule has 1 fully saturated rings. The van der Waals surface area contributed by atoms with Crippen LogP contribution in [-0.2, 0) is 10.0 Å². The third-order valence-corrected chi connectivity index (χ3v) is 5.65. The number of aromatic nitrogens is 1. The number of halogens is 1. The second-order valence-corrected chi connectivity index (χ2v) is 7.63. The molecule has 1 unspecified atom stereocenters. The highest BCUT2D eigenvalue weighted by molar-refractivity contribution is 7.89. The van der Waals surface area contributed by atoms with Crippen molar-refractivity contribution in [2.45, 2.75) is 10.9 Å². The van der Waals surface area contributed by atoms with Crippen LogP contribution in [0.1, 0.15) is 22.0 Å². The fraction of sp³-hybridized carbons (Fsp3) is 0.294. The molecule has 0 bridgehead atoms. The van der Waals surface area contributed by atoms with Gasteiger partial charge in [0.2, 0.25) is 10.0 Å². The molecule has 1 saturated heterocycles. The molecule has 140 valence electrons. The van der Waals surface area contributed by atoms with E-state index in [1.54, 1.807) is 29.4 Å². The lowest BCUT2D eigenvalue weighted by molar-refractivity contribution is 0.0633. The summed E-state index contributed by atoms with van der Waals surface area (Å²) in [5.74, 6) is -0.191. The summed E-state index contributed by atoms with van der Waals surface area (Å²) in [5, 5.41) is 3.29. The number of hydrogen-bond acceptors (Lipinski definition) is 5. The molecule has 2 N–H and O–H groups in total. The Morgan fingerprint density at radius 2 is 2.12 bits per heavy atom. The minimum atomic E-state index is -3.59. The molecule has 3 rings (SSSR count). The van der Waals surface area contributed by atoms with Crippen LogP contribution < -0.4 is 10.0 Å². The van der Waals surface area contributed by atoms with Crippen molar-refractivity contribution in [2.24, 2.45) is 0 Å². The fourth-order valence-corrected chi connectivity index (χ4v) is 3.67. The maximum atomic E-state index is 13.0. The number of hydrogen-bond donors (Lipinski definition) is 2. The van der Waals surface area contributed by atoms with Crippen molar-refractivity contribution in [3.8, 4) is 0 Å². The quantitative estimate of drug-likeness (QED) is 0.810. The van der Waals surface area contributed by atoms with Crippen LogP contribution in [0.4, 0.5) is 0 Å². The molecular formula is C17H21ClN4O3S. The first-order chi connectivity index (χ1) is 12.0. The van der Waals surface area contributed by atoms with Gasteiger partial charge in [-0.2, -0.15) is 0 Å². The van der Waals surface area contributed by atoms with Gasteiger partial charge >= 0.3 is 0 Å². The molecule has 1 aromatic heterocycles. The maximum Gasteiger partial charge on any atom is 0.254 e. The van der Waals surface area contributed by atoms with Crippen molar-refractivity contribution in [3.63, 3.8) is 0 Å². The Balaban J connectivity index is 0.00000243. The minimum absolute atomic E-state index is 0. The standard InChI is InChI=1S/C17H20N4O3S.ClH/c1-18-25(23,24)15-6-2-4-13(10-15)17(22)21-9-8-20-12-16(21)14-5-3-7-19-11-14;/h2-7,10-11,16,18,20H,8-9,12H2,1H3;1H. The molecule has 2 heterocycles. The number of pyridine rings is 1. The van der Waals surface area contributed by atoms with Crippen LogP contribution in [0.2, 0.25) is 0 Å². The summed E-state index contributed by atoms with van der Waals surface area (Å²) >= 11 is 0. The second-order valence-electron chi connectivity index (χ2n) is 5.74.